The molecule has 0 saturated heterocycles. The summed E-state index contributed by atoms with van der Waals surface area (Å²) in [7, 11) is 0. The van der Waals surface area contributed by atoms with Crippen LogP contribution in [0.15, 0.2) is 36.4 Å². The quantitative estimate of drug-likeness (QED) is 0.473. The Balaban J connectivity index is 2.46. The minimum Gasteiger partial charge on any atom is -0.508 e. The van der Waals surface area contributed by atoms with Crippen LogP contribution < -0.4 is 4.74 Å². The second-order valence-corrected chi connectivity index (χ2v) is 8.74. The molecule has 2 N–H and O–H groups in total. The summed E-state index contributed by atoms with van der Waals surface area (Å²) < 4.78 is 6.34. The van der Waals surface area contributed by atoms with Crippen molar-refractivity contribution in [2.75, 3.05) is 0 Å². The zero-order valence-electron chi connectivity index (χ0n) is 19.0. The lowest BCUT2D eigenvalue weighted by atomic mass is 9.72. The van der Waals surface area contributed by atoms with E-state index in [0.717, 1.165) is 37.0 Å². The Morgan fingerprint density at radius 2 is 1.45 bits per heavy atom. The average Bonchev–Trinajstić information content (AvgIpc) is 2.73. The number of aromatic hydroxyl groups is 1. The van der Waals surface area contributed by atoms with Crippen molar-refractivity contribution in [3.8, 4) is 11.5 Å². The Labute approximate surface area is 176 Å². The molecule has 0 bridgehead atoms. The van der Waals surface area contributed by atoms with Crippen molar-refractivity contribution in [2.24, 2.45) is 0 Å². The Morgan fingerprint density at radius 3 is 2.00 bits per heavy atom. The van der Waals surface area contributed by atoms with E-state index in [1.165, 1.54) is 11.1 Å². The molecule has 0 aliphatic rings. The van der Waals surface area contributed by atoms with Crippen LogP contribution in [0, 0.1) is 0 Å². The van der Waals surface area contributed by atoms with E-state index in [-0.39, 0.29) is 23.2 Å². The molecule has 0 radical (unpaired) electrons. The van der Waals surface area contributed by atoms with Gasteiger partial charge in [0, 0.05) is 0 Å². The average molecular weight is 399 g/mol. The Kier molecular flexibility index (Phi) is 7.76. The Hall–Kier alpha value is -2.00. The number of rotatable bonds is 10. The van der Waals surface area contributed by atoms with Crippen LogP contribution in [0.4, 0.5) is 0 Å². The molecule has 3 heteroatoms. The van der Waals surface area contributed by atoms with Crippen molar-refractivity contribution in [1.29, 1.82) is 0 Å². The number of aliphatic hydroxyl groups excluding tert-OH is 1. The van der Waals surface area contributed by atoms with E-state index in [0.29, 0.717) is 12.2 Å². The van der Waals surface area contributed by atoms with Crippen LogP contribution in [-0.2, 0) is 24.0 Å². The number of benzene rings is 2. The predicted octanol–water partition coefficient (Wildman–Crippen LogP) is 6.62. The molecule has 0 aromatic heterocycles. The first-order valence-electron chi connectivity index (χ1n) is 11.0. The van der Waals surface area contributed by atoms with Crippen LogP contribution in [0.1, 0.15) is 89.5 Å². The van der Waals surface area contributed by atoms with Gasteiger partial charge in [0.05, 0.1) is 6.61 Å². The molecule has 0 aliphatic carbocycles. The molecule has 0 amide bonds. The Morgan fingerprint density at radius 1 is 0.828 bits per heavy atom. The summed E-state index contributed by atoms with van der Waals surface area (Å²) in [6.07, 6.45) is 4.32. The van der Waals surface area contributed by atoms with Gasteiger partial charge in [-0.3, -0.25) is 0 Å². The van der Waals surface area contributed by atoms with Gasteiger partial charge in [-0.05, 0) is 83.0 Å². The van der Waals surface area contributed by atoms with Gasteiger partial charge in [-0.15, -0.1) is 0 Å². The normalized spacial score (nSPS) is 12.2. The van der Waals surface area contributed by atoms with Crippen molar-refractivity contribution >= 4 is 0 Å². The maximum absolute atomic E-state index is 9.92. The van der Waals surface area contributed by atoms with Crippen molar-refractivity contribution in [1.82, 2.24) is 0 Å². The van der Waals surface area contributed by atoms with Gasteiger partial charge in [0.25, 0.3) is 0 Å². The summed E-state index contributed by atoms with van der Waals surface area (Å²) in [4.78, 5) is 0. The molecular formula is C26H38O3. The number of aliphatic hydroxyl groups is 1. The van der Waals surface area contributed by atoms with E-state index in [2.05, 4.69) is 59.7 Å². The van der Waals surface area contributed by atoms with Gasteiger partial charge < -0.3 is 14.9 Å². The zero-order chi connectivity index (χ0) is 21.7. The number of hydrogen-bond acceptors (Lipinski definition) is 3. The summed E-state index contributed by atoms with van der Waals surface area (Å²) in [5, 5.41) is 19.3. The van der Waals surface area contributed by atoms with Crippen LogP contribution in [0.25, 0.3) is 0 Å². The standard InChI is InChI=1S/C26H38O3/c1-7-25(5,6)23-12-11-21(26(8-2,9-3)10-4)16-24(23)29-18-20-13-19(17-27)14-22(28)15-20/h11-16,27-28H,7-10,17-18H2,1-6H3. The van der Waals surface area contributed by atoms with E-state index in [1.807, 2.05) is 6.07 Å². The highest BCUT2D eigenvalue weighted by atomic mass is 16.5. The molecule has 2 rings (SSSR count). The first-order valence-corrected chi connectivity index (χ1v) is 11.0. The first kappa shape index (κ1) is 23.3. The lowest BCUT2D eigenvalue weighted by Gasteiger charge is -2.33. The van der Waals surface area contributed by atoms with Crippen LogP contribution in [0.2, 0.25) is 0 Å². The van der Waals surface area contributed by atoms with Crippen molar-refractivity contribution < 1.29 is 14.9 Å². The summed E-state index contributed by atoms with van der Waals surface area (Å²) in [5.74, 6) is 1.07. The monoisotopic (exact) mass is 398 g/mol. The van der Waals surface area contributed by atoms with Crippen LogP contribution in [0.3, 0.4) is 0 Å². The fourth-order valence-electron chi connectivity index (χ4n) is 4.16. The molecule has 0 heterocycles. The molecule has 0 fully saturated rings. The highest BCUT2D eigenvalue weighted by molar-refractivity contribution is 5.45. The SMILES string of the molecule is CCC(C)(C)c1ccc(C(CC)(CC)CC)cc1OCc1cc(O)cc(CO)c1. The van der Waals surface area contributed by atoms with E-state index >= 15 is 0 Å². The molecule has 2 aromatic rings. The van der Waals surface area contributed by atoms with Crippen molar-refractivity contribution in [2.45, 2.75) is 91.3 Å². The smallest absolute Gasteiger partial charge is 0.123 e. The lowest BCUT2D eigenvalue weighted by molar-refractivity contribution is 0.278. The van der Waals surface area contributed by atoms with Gasteiger partial charge in [-0.25, -0.2) is 0 Å². The predicted molar refractivity (Wildman–Crippen MR) is 121 cm³/mol. The minimum atomic E-state index is -0.100. The molecule has 160 valence electrons. The summed E-state index contributed by atoms with van der Waals surface area (Å²) in [6.45, 7) is 13.8. The second-order valence-electron chi connectivity index (χ2n) is 8.74. The third-order valence-corrected chi connectivity index (χ3v) is 6.85. The molecule has 3 nitrogen and oxygen atoms in total. The summed E-state index contributed by atoms with van der Waals surface area (Å²) in [6, 6.07) is 11.9. The van der Waals surface area contributed by atoms with Gasteiger partial charge >= 0.3 is 0 Å². The lowest BCUT2D eigenvalue weighted by Crippen LogP contribution is -2.24. The molecule has 0 saturated carbocycles. The maximum Gasteiger partial charge on any atom is 0.123 e. The fourth-order valence-corrected chi connectivity index (χ4v) is 4.16. The number of phenols is 1. The van der Waals surface area contributed by atoms with E-state index in [1.54, 1.807) is 12.1 Å². The molecule has 0 spiro atoms. The third-order valence-electron chi connectivity index (χ3n) is 6.85. The second kappa shape index (κ2) is 9.67. The van der Waals surface area contributed by atoms with E-state index in [9.17, 15) is 10.2 Å². The molecule has 0 aliphatic heterocycles. The summed E-state index contributed by atoms with van der Waals surface area (Å²) >= 11 is 0. The Bertz CT molecular complexity index is 795. The van der Waals surface area contributed by atoms with Gasteiger partial charge in [0.15, 0.2) is 0 Å². The van der Waals surface area contributed by atoms with Crippen LogP contribution in [0.5, 0.6) is 11.5 Å². The molecule has 2 aromatic carbocycles. The topological polar surface area (TPSA) is 49.7 Å². The third kappa shape index (κ3) is 5.14. The number of phenolic OH excluding ortho intramolecular Hbond substituents is 1. The number of ether oxygens (including phenoxy) is 1. The van der Waals surface area contributed by atoms with Crippen LogP contribution >= 0.6 is 0 Å². The molecule has 29 heavy (non-hydrogen) atoms. The van der Waals surface area contributed by atoms with E-state index in [4.69, 9.17) is 4.74 Å². The molecular weight excluding hydrogens is 360 g/mol. The van der Waals surface area contributed by atoms with Crippen molar-refractivity contribution in [3.63, 3.8) is 0 Å². The zero-order valence-corrected chi connectivity index (χ0v) is 19.0. The van der Waals surface area contributed by atoms with Gasteiger partial charge in [-0.2, -0.15) is 0 Å². The van der Waals surface area contributed by atoms with Gasteiger partial charge in [0.2, 0.25) is 0 Å². The largest absolute Gasteiger partial charge is 0.508 e. The minimum absolute atomic E-state index is 0.0102. The van der Waals surface area contributed by atoms with E-state index < -0.39 is 0 Å². The maximum atomic E-state index is 9.92. The van der Waals surface area contributed by atoms with Gasteiger partial charge in [-0.1, -0.05) is 53.7 Å². The van der Waals surface area contributed by atoms with Crippen molar-refractivity contribution in [3.05, 3.63) is 58.7 Å². The highest BCUT2D eigenvalue weighted by Gasteiger charge is 2.29. The highest BCUT2D eigenvalue weighted by Crippen LogP contribution is 2.41. The first-order chi connectivity index (χ1) is 13.7. The fraction of sp³-hybridized carbons (Fsp3) is 0.538. The molecule has 0 atom stereocenters. The molecule has 0 unspecified atom stereocenters. The summed E-state index contributed by atoms with van der Waals surface area (Å²) in [5.41, 5.74) is 4.27. The van der Waals surface area contributed by atoms with Gasteiger partial charge in [0.1, 0.15) is 18.1 Å². The number of hydrogen-bond donors (Lipinski definition) is 2. The van der Waals surface area contributed by atoms with Crippen LogP contribution in [-0.4, -0.2) is 10.2 Å².